The minimum atomic E-state index is 1.21. The first kappa shape index (κ1) is 9.40. The van der Waals surface area contributed by atoms with Crippen LogP contribution in [0.5, 0.6) is 0 Å². The average molecular weight is 201 g/mol. The Labute approximate surface area is 87.6 Å². The van der Waals surface area contributed by atoms with Gasteiger partial charge in [-0.25, -0.2) is 0 Å². The minimum absolute atomic E-state index is 1.21. The summed E-state index contributed by atoms with van der Waals surface area (Å²) in [6, 6.07) is 10.3. The smallest absolute Gasteiger partial charge is 0.142 e. The van der Waals surface area contributed by atoms with Crippen molar-refractivity contribution in [2.75, 3.05) is 0 Å². The highest BCUT2D eigenvalue weighted by Crippen LogP contribution is 2.09. The van der Waals surface area contributed by atoms with Gasteiger partial charge in [-0.15, -0.1) is 0 Å². The number of rotatable bonds is 0. The molecule has 0 bridgehead atoms. The van der Waals surface area contributed by atoms with Crippen molar-refractivity contribution in [1.29, 1.82) is 0 Å². The van der Waals surface area contributed by atoms with E-state index in [4.69, 9.17) is 0 Å². The number of hydrogen-bond acceptors (Lipinski definition) is 2. The first-order valence-electron chi connectivity index (χ1n) is 4.63. The summed E-state index contributed by atoms with van der Waals surface area (Å²) in [6.07, 6.45) is 8.34. The molecule has 1 aromatic heterocycles. The van der Waals surface area contributed by atoms with Gasteiger partial charge in [-0.3, -0.25) is 9.78 Å². The average Bonchev–Trinajstić information content (AvgIpc) is 2.80. The lowest BCUT2D eigenvalue weighted by Gasteiger charge is -1.94. The van der Waals surface area contributed by atoms with Crippen LogP contribution in [0.25, 0.3) is 10.9 Å². The summed E-state index contributed by atoms with van der Waals surface area (Å²) in [5, 5.41) is 1.28. The lowest BCUT2D eigenvalue weighted by atomic mass is 10.3. The SMILES string of the molecule is C1=COOC=C1.c1ccc2[nH]ccc2c1. The van der Waals surface area contributed by atoms with Crippen LogP contribution in [0.15, 0.2) is 61.2 Å². The molecule has 3 rings (SSSR count). The van der Waals surface area contributed by atoms with Crippen LogP contribution in [0.2, 0.25) is 0 Å². The van der Waals surface area contributed by atoms with Crippen LogP contribution in [0.3, 0.4) is 0 Å². The zero-order chi connectivity index (χ0) is 10.3. The van der Waals surface area contributed by atoms with Gasteiger partial charge >= 0.3 is 0 Å². The number of aromatic nitrogens is 1. The quantitative estimate of drug-likeness (QED) is 0.664. The molecule has 0 fully saturated rings. The lowest BCUT2D eigenvalue weighted by molar-refractivity contribution is -0.198. The topological polar surface area (TPSA) is 34.2 Å². The number of nitrogens with one attached hydrogen (secondary N) is 1. The Kier molecular flexibility index (Phi) is 3.07. The first-order chi connectivity index (χ1) is 7.47. The number of allylic oxidation sites excluding steroid dienone is 2. The van der Waals surface area contributed by atoms with Gasteiger partial charge in [0.1, 0.15) is 12.5 Å². The Morgan fingerprint density at radius 3 is 2.20 bits per heavy atom. The number of fused-ring (bicyclic) bond motifs is 1. The molecule has 0 spiro atoms. The van der Waals surface area contributed by atoms with E-state index in [1.165, 1.54) is 23.4 Å². The summed E-state index contributed by atoms with van der Waals surface area (Å²) in [6.45, 7) is 0. The fraction of sp³-hybridized carbons (Fsp3) is 0. The van der Waals surface area contributed by atoms with Crippen LogP contribution in [-0.4, -0.2) is 4.98 Å². The van der Waals surface area contributed by atoms with E-state index in [9.17, 15) is 0 Å². The minimum Gasteiger partial charge on any atom is -0.361 e. The van der Waals surface area contributed by atoms with E-state index in [0.29, 0.717) is 0 Å². The number of benzene rings is 1. The molecule has 1 aliphatic heterocycles. The Balaban J connectivity index is 0.000000124. The van der Waals surface area contributed by atoms with Gasteiger partial charge in [0.2, 0.25) is 0 Å². The molecule has 0 radical (unpaired) electrons. The van der Waals surface area contributed by atoms with Crippen LogP contribution >= 0.6 is 0 Å². The molecule has 0 amide bonds. The van der Waals surface area contributed by atoms with Crippen molar-refractivity contribution in [3.8, 4) is 0 Å². The summed E-state index contributed by atoms with van der Waals surface area (Å²) >= 11 is 0. The summed E-state index contributed by atoms with van der Waals surface area (Å²) in [7, 11) is 0. The maximum atomic E-state index is 4.30. The van der Waals surface area contributed by atoms with E-state index in [1.54, 1.807) is 12.2 Å². The molecule has 76 valence electrons. The fourth-order valence-electron chi connectivity index (χ4n) is 1.21. The highest BCUT2D eigenvalue weighted by molar-refractivity contribution is 5.78. The molecule has 0 atom stereocenters. The van der Waals surface area contributed by atoms with Crippen LogP contribution in [0, 0.1) is 0 Å². The third-order valence-electron chi connectivity index (χ3n) is 1.90. The highest BCUT2D eigenvalue weighted by Gasteiger charge is 1.86. The largest absolute Gasteiger partial charge is 0.361 e. The molecule has 3 heteroatoms. The van der Waals surface area contributed by atoms with Gasteiger partial charge < -0.3 is 4.98 Å². The van der Waals surface area contributed by atoms with Crippen LogP contribution in [-0.2, 0) is 9.78 Å². The van der Waals surface area contributed by atoms with Crippen molar-refractivity contribution < 1.29 is 9.78 Å². The van der Waals surface area contributed by atoms with Crippen LogP contribution in [0.4, 0.5) is 0 Å². The highest BCUT2D eigenvalue weighted by atomic mass is 17.2. The summed E-state index contributed by atoms with van der Waals surface area (Å²) in [4.78, 5) is 11.7. The first-order valence-corrected chi connectivity index (χ1v) is 4.63. The maximum Gasteiger partial charge on any atom is 0.142 e. The van der Waals surface area contributed by atoms with Crippen molar-refractivity contribution in [2.45, 2.75) is 0 Å². The van der Waals surface area contributed by atoms with Crippen molar-refractivity contribution >= 4 is 10.9 Å². The molecule has 2 aromatic rings. The summed E-state index contributed by atoms with van der Waals surface area (Å²) in [5.41, 5.74) is 1.21. The van der Waals surface area contributed by atoms with E-state index in [1.807, 2.05) is 18.3 Å². The summed E-state index contributed by atoms with van der Waals surface area (Å²) < 4.78 is 0. The Hall–Kier alpha value is -2.16. The van der Waals surface area contributed by atoms with Crippen LogP contribution < -0.4 is 0 Å². The zero-order valence-electron chi connectivity index (χ0n) is 8.09. The molecule has 15 heavy (non-hydrogen) atoms. The molecule has 3 nitrogen and oxygen atoms in total. The predicted molar refractivity (Wildman–Crippen MR) is 58.7 cm³/mol. The third-order valence-corrected chi connectivity index (χ3v) is 1.90. The zero-order valence-corrected chi connectivity index (χ0v) is 8.09. The number of H-pyrrole nitrogens is 1. The Bertz CT molecular complexity index is 429. The molecule has 0 saturated heterocycles. The lowest BCUT2D eigenvalue weighted by Crippen LogP contribution is -1.78. The third kappa shape index (κ3) is 2.64. The van der Waals surface area contributed by atoms with E-state index in [-0.39, 0.29) is 0 Å². The van der Waals surface area contributed by atoms with Crippen molar-refractivity contribution in [2.24, 2.45) is 0 Å². The van der Waals surface area contributed by atoms with Gasteiger partial charge in [0.25, 0.3) is 0 Å². The second kappa shape index (κ2) is 4.91. The van der Waals surface area contributed by atoms with Crippen molar-refractivity contribution in [1.82, 2.24) is 4.98 Å². The van der Waals surface area contributed by atoms with Gasteiger partial charge in [0.05, 0.1) is 0 Å². The molecule has 0 saturated carbocycles. The molecular formula is C12H11NO2. The Morgan fingerprint density at radius 2 is 1.60 bits per heavy atom. The van der Waals surface area contributed by atoms with E-state index >= 15 is 0 Å². The van der Waals surface area contributed by atoms with E-state index in [2.05, 4.69) is 33.0 Å². The fourth-order valence-corrected chi connectivity index (χ4v) is 1.21. The molecule has 1 aromatic carbocycles. The summed E-state index contributed by atoms with van der Waals surface area (Å²) in [5.74, 6) is 0. The predicted octanol–water partition coefficient (Wildman–Crippen LogP) is 3.14. The second-order valence-electron chi connectivity index (χ2n) is 2.91. The van der Waals surface area contributed by atoms with Gasteiger partial charge in [-0.1, -0.05) is 18.2 Å². The Morgan fingerprint density at radius 1 is 0.867 bits per heavy atom. The van der Waals surface area contributed by atoms with E-state index < -0.39 is 0 Å². The number of para-hydroxylation sites is 1. The van der Waals surface area contributed by atoms with Crippen molar-refractivity contribution in [3.63, 3.8) is 0 Å². The van der Waals surface area contributed by atoms with Crippen LogP contribution in [0.1, 0.15) is 0 Å². The maximum absolute atomic E-state index is 4.30. The number of aromatic amines is 1. The van der Waals surface area contributed by atoms with Gasteiger partial charge in [0, 0.05) is 11.7 Å². The molecular weight excluding hydrogens is 190 g/mol. The van der Waals surface area contributed by atoms with Gasteiger partial charge in [-0.05, 0) is 29.7 Å². The molecule has 2 heterocycles. The van der Waals surface area contributed by atoms with Gasteiger partial charge in [0.15, 0.2) is 0 Å². The normalized spacial score (nSPS) is 12.5. The molecule has 0 aliphatic carbocycles. The van der Waals surface area contributed by atoms with E-state index in [0.717, 1.165) is 0 Å². The molecule has 1 N–H and O–H groups in total. The van der Waals surface area contributed by atoms with Crippen molar-refractivity contribution in [3.05, 3.63) is 61.2 Å². The molecule has 0 unspecified atom stereocenters. The second-order valence-corrected chi connectivity index (χ2v) is 2.91. The van der Waals surface area contributed by atoms with Gasteiger partial charge in [-0.2, -0.15) is 0 Å². The molecule has 1 aliphatic rings. The monoisotopic (exact) mass is 201 g/mol. The standard InChI is InChI=1S/C8H7N.C4H4O2/c1-2-4-8-7(3-1)5-6-9-8;1-2-4-6-5-3-1/h1-6,9H;1-4H. The number of hydrogen-bond donors (Lipinski definition) is 1.